The number of carbonyl (C=O) groups is 2. The zero-order valence-corrected chi connectivity index (χ0v) is 24.9. The average Bonchev–Trinajstić information content (AvgIpc) is 2.99. The van der Waals surface area contributed by atoms with Crippen LogP contribution >= 0.6 is 0 Å². The Bertz CT molecular complexity index is 1790. The molecule has 4 atom stereocenters. The molecule has 3 heterocycles. The summed E-state index contributed by atoms with van der Waals surface area (Å²) in [7, 11) is 1.37. The van der Waals surface area contributed by atoms with Crippen LogP contribution in [0.3, 0.4) is 0 Å². The van der Waals surface area contributed by atoms with Crippen molar-refractivity contribution in [3.05, 3.63) is 87.9 Å². The minimum atomic E-state index is -1.51. The number of nitrogens with two attached hydrogens (primary N) is 1. The molecule has 0 aliphatic carbocycles. The van der Waals surface area contributed by atoms with Crippen LogP contribution in [0.4, 0.5) is 4.79 Å². The molecular formula is C32H32N2O11. The maximum Gasteiger partial charge on any atom is 0.404 e. The number of aliphatic hydroxyl groups is 1. The molecule has 0 saturated carbocycles. The van der Waals surface area contributed by atoms with Crippen LogP contribution in [0, 0.1) is 6.92 Å². The first kappa shape index (κ1) is 31.4. The molecule has 0 unspecified atom stereocenters. The highest BCUT2D eigenvalue weighted by atomic mass is 16.7. The number of aryl methyl sites for hydroxylation is 1. The summed E-state index contributed by atoms with van der Waals surface area (Å²) in [6, 6.07) is 14.8. The molecule has 0 bridgehead atoms. The SMILES string of the molecule is CO[C@@H]1[C@@H](OC(N)=O)[C@@H](O)[C@H](Oc2ccc3c(O)c(CC(=O)c4ccnc(Oc5ccccc5)c4)c(=O)oc3c2C)OC1(C)C. The first-order chi connectivity index (χ1) is 21.4. The number of methoxy groups -OCH3 is 1. The number of ketones is 1. The number of Topliss-reactive ketones (excluding diaryl/α,β-unsaturated/α-hetero) is 1. The number of pyridine rings is 1. The molecule has 2 aromatic heterocycles. The van der Waals surface area contributed by atoms with Crippen LogP contribution in [0.15, 0.2) is 70.0 Å². The fourth-order valence-electron chi connectivity index (χ4n) is 5.27. The zero-order valence-electron chi connectivity index (χ0n) is 24.9. The molecular weight excluding hydrogens is 588 g/mol. The lowest BCUT2D eigenvalue weighted by atomic mass is 9.89. The molecule has 1 amide bonds. The average molecular weight is 621 g/mol. The van der Waals surface area contributed by atoms with E-state index in [4.69, 9.17) is 33.8 Å². The summed E-state index contributed by atoms with van der Waals surface area (Å²) in [5, 5.41) is 22.2. The van der Waals surface area contributed by atoms with E-state index < -0.39 is 59.9 Å². The third-order valence-electron chi connectivity index (χ3n) is 7.47. The highest BCUT2D eigenvalue weighted by molar-refractivity contribution is 5.99. The number of amides is 1. The van der Waals surface area contributed by atoms with Crippen molar-refractivity contribution in [2.75, 3.05) is 7.11 Å². The highest BCUT2D eigenvalue weighted by Gasteiger charge is 2.53. The van der Waals surface area contributed by atoms with E-state index in [0.717, 1.165) is 0 Å². The van der Waals surface area contributed by atoms with Crippen LogP contribution in [-0.4, -0.2) is 64.4 Å². The van der Waals surface area contributed by atoms with E-state index in [1.165, 1.54) is 37.6 Å². The number of aromatic nitrogens is 1. The summed E-state index contributed by atoms with van der Waals surface area (Å²) in [6.07, 6.45) is -5.10. The van der Waals surface area contributed by atoms with Crippen LogP contribution < -0.4 is 20.8 Å². The second-order valence-electron chi connectivity index (χ2n) is 10.9. The molecule has 4 N–H and O–H groups in total. The normalized spacial score (nSPS) is 20.8. The van der Waals surface area contributed by atoms with Gasteiger partial charge in [-0.3, -0.25) is 4.79 Å². The van der Waals surface area contributed by atoms with E-state index in [1.54, 1.807) is 45.0 Å². The van der Waals surface area contributed by atoms with Gasteiger partial charge in [-0.1, -0.05) is 18.2 Å². The Kier molecular flexibility index (Phi) is 8.77. The Morgan fingerprint density at radius 2 is 1.84 bits per heavy atom. The van der Waals surface area contributed by atoms with Crippen molar-refractivity contribution >= 4 is 22.8 Å². The van der Waals surface area contributed by atoms with Gasteiger partial charge in [-0.2, -0.15) is 0 Å². The smallest absolute Gasteiger partial charge is 0.404 e. The number of primary amides is 1. The van der Waals surface area contributed by atoms with Gasteiger partial charge in [-0.25, -0.2) is 14.6 Å². The predicted octanol–water partition coefficient (Wildman–Crippen LogP) is 3.77. The van der Waals surface area contributed by atoms with Crippen molar-refractivity contribution in [1.82, 2.24) is 4.98 Å². The number of hydrogen-bond acceptors (Lipinski definition) is 12. The summed E-state index contributed by atoms with van der Waals surface area (Å²) in [6.45, 7) is 4.90. The fourth-order valence-corrected chi connectivity index (χ4v) is 5.27. The van der Waals surface area contributed by atoms with Gasteiger partial charge >= 0.3 is 11.7 Å². The Balaban J connectivity index is 1.39. The summed E-state index contributed by atoms with van der Waals surface area (Å²) >= 11 is 0. The molecule has 1 fully saturated rings. The highest BCUT2D eigenvalue weighted by Crippen LogP contribution is 2.38. The fraction of sp³-hybridized carbons (Fsp3) is 0.312. The van der Waals surface area contributed by atoms with Crippen LogP contribution in [0.5, 0.6) is 23.1 Å². The zero-order chi connectivity index (χ0) is 32.5. The van der Waals surface area contributed by atoms with Crippen LogP contribution in [0.25, 0.3) is 11.0 Å². The topological polar surface area (TPSA) is 190 Å². The second kappa shape index (κ2) is 12.6. The number of aliphatic hydroxyl groups excluding tert-OH is 1. The van der Waals surface area contributed by atoms with Gasteiger partial charge in [0.15, 0.2) is 18.0 Å². The maximum absolute atomic E-state index is 13.1. The minimum absolute atomic E-state index is 0.00193. The van der Waals surface area contributed by atoms with E-state index in [2.05, 4.69) is 4.98 Å². The first-order valence-corrected chi connectivity index (χ1v) is 13.9. The van der Waals surface area contributed by atoms with Crippen molar-refractivity contribution in [3.8, 4) is 23.1 Å². The lowest BCUT2D eigenvalue weighted by Crippen LogP contribution is -2.65. The Morgan fingerprint density at radius 3 is 2.53 bits per heavy atom. The molecule has 1 saturated heterocycles. The standard InChI is InChI=1S/C32H32N2O11/c1-16-22(42-30-25(37)27(44-31(33)39)28(40-4)32(2,3)45-30)11-10-19-24(36)20(29(38)43-26(16)19)15-21(35)17-12-13-34-23(14-17)41-18-8-6-5-7-9-18/h5-14,25,27-28,30,36-37H,15H2,1-4H3,(H2,33,39)/t25-,27+,28-,30-/m1/s1. The second-order valence-corrected chi connectivity index (χ2v) is 10.9. The van der Waals surface area contributed by atoms with E-state index in [9.17, 15) is 24.6 Å². The molecule has 2 aromatic carbocycles. The molecule has 13 heteroatoms. The number of rotatable bonds is 9. The van der Waals surface area contributed by atoms with Gasteiger partial charge in [0, 0.05) is 36.9 Å². The van der Waals surface area contributed by atoms with Gasteiger partial charge in [0.2, 0.25) is 12.2 Å². The van der Waals surface area contributed by atoms with Crippen molar-refractivity contribution in [3.63, 3.8) is 0 Å². The molecule has 236 valence electrons. The third kappa shape index (κ3) is 6.45. The van der Waals surface area contributed by atoms with Crippen molar-refractivity contribution in [2.45, 2.75) is 57.4 Å². The number of fused-ring (bicyclic) bond motifs is 1. The maximum atomic E-state index is 13.1. The number of ether oxygens (including phenoxy) is 5. The Morgan fingerprint density at radius 1 is 1.11 bits per heavy atom. The molecule has 45 heavy (non-hydrogen) atoms. The van der Waals surface area contributed by atoms with Gasteiger partial charge in [0.25, 0.3) is 0 Å². The van der Waals surface area contributed by atoms with Gasteiger partial charge in [0.05, 0.1) is 16.6 Å². The Labute approximate surface area is 257 Å². The minimum Gasteiger partial charge on any atom is -0.507 e. The monoisotopic (exact) mass is 620 g/mol. The summed E-state index contributed by atoms with van der Waals surface area (Å²) < 4.78 is 33.7. The number of aromatic hydroxyl groups is 1. The van der Waals surface area contributed by atoms with Crippen molar-refractivity contribution in [1.29, 1.82) is 0 Å². The lowest BCUT2D eigenvalue weighted by molar-refractivity contribution is -0.304. The van der Waals surface area contributed by atoms with Crippen molar-refractivity contribution < 1.29 is 47.9 Å². The van der Waals surface area contributed by atoms with Crippen molar-refractivity contribution in [2.24, 2.45) is 5.73 Å². The number of benzene rings is 2. The number of nitrogens with zero attached hydrogens (tertiary/aromatic N) is 1. The van der Waals surface area contributed by atoms with E-state index in [0.29, 0.717) is 11.3 Å². The van der Waals surface area contributed by atoms with Gasteiger partial charge in [0.1, 0.15) is 28.9 Å². The first-order valence-electron chi connectivity index (χ1n) is 13.9. The summed E-state index contributed by atoms with van der Waals surface area (Å²) in [5.41, 5.74) is 3.49. The molecule has 0 radical (unpaired) electrons. The van der Waals surface area contributed by atoms with Crippen LogP contribution in [0.1, 0.15) is 35.3 Å². The molecule has 1 aliphatic rings. The van der Waals surface area contributed by atoms with Crippen LogP contribution in [0.2, 0.25) is 0 Å². The quantitative estimate of drug-likeness (QED) is 0.182. The number of hydrogen-bond donors (Lipinski definition) is 3. The Hall–Kier alpha value is -4.98. The van der Waals surface area contributed by atoms with Gasteiger partial charge in [-0.05, 0) is 51.1 Å². The summed E-state index contributed by atoms with van der Waals surface area (Å²) in [4.78, 5) is 41.8. The third-order valence-corrected chi connectivity index (χ3v) is 7.47. The molecule has 1 aliphatic heterocycles. The summed E-state index contributed by atoms with van der Waals surface area (Å²) in [5.74, 6) is -0.0303. The molecule has 4 aromatic rings. The molecule has 5 rings (SSSR count). The van der Waals surface area contributed by atoms with E-state index in [-0.39, 0.29) is 33.7 Å². The van der Waals surface area contributed by atoms with Gasteiger partial charge in [-0.15, -0.1) is 0 Å². The largest absolute Gasteiger partial charge is 0.507 e. The van der Waals surface area contributed by atoms with Crippen LogP contribution in [-0.2, 0) is 20.6 Å². The van der Waals surface area contributed by atoms with E-state index >= 15 is 0 Å². The lowest BCUT2D eigenvalue weighted by Gasteiger charge is -2.47. The van der Waals surface area contributed by atoms with E-state index in [1.807, 2.05) is 6.07 Å². The predicted molar refractivity (Wildman–Crippen MR) is 159 cm³/mol. The van der Waals surface area contributed by atoms with Gasteiger partial charge < -0.3 is 44.0 Å². The number of carbonyl (C=O) groups excluding carboxylic acids is 2. The molecule has 0 spiro atoms. The number of para-hydroxylation sites is 1. The molecule has 13 nitrogen and oxygen atoms in total.